The molecule has 0 aliphatic carbocycles. The van der Waals surface area contributed by atoms with E-state index in [1.54, 1.807) is 0 Å². The largest absolute Gasteiger partial charge is 0.310 e. The van der Waals surface area contributed by atoms with Gasteiger partial charge in [-0.15, -0.1) is 0 Å². The molecule has 14 heavy (non-hydrogen) atoms. The number of hydrogen-bond acceptors (Lipinski definition) is 1. The highest BCUT2D eigenvalue weighted by Gasteiger charge is 2.14. The van der Waals surface area contributed by atoms with Crippen LogP contribution in [0.25, 0.3) is 0 Å². The monoisotopic (exact) mass is 209 g/mol. The van der Waals surface area contributed by atoms with Crippen LogP contribution in [0.5, 0.6) is 0 Å². The second kappa shape index (κ2) is 4.33. The molecular weight excluding hydrogens is 194 g/mol. The molecule has 1 nitrogen and oxygen atoms in total. The van der Waals surface area contributed by atoms with Crippen molar-refractivity contribution in [1.82, 2.24) is 5.32 Å². The Hall–Kier alpha value is -0.530. The fourth-order valence-electron chi connectivity index (χ4n) is 1.96. The minimum Gasteiger partial charge on any atom is -0.310 e. The fraction of sp³-hybridized carbons (Fsp3) is 0.500. The van der Waals surface area contributed by atoms with Gasteiger partial charge in [-0.05, 0) is 43.5 Å². The van der Waals surface area contributed by atoms with Gasteiger partial charge in [0.2, 0.25) is 0 Å². The van der Waals surface area contributed by atoms with Gasteiger partial charge in [0, 0.05) is 11.1 Å². The maximum absolute atomic E-state index is 6.11. The van der Waals surface area contributed by atoms with Crippen molar-refractivity contribution in [3.63, 3.8) is 0 Å². The maximum Gasteiger partial charge on any atom is 0.0438 e. The molecule has 0 unspecified atom stereocenters. The van der Waals surface area contributed by atoms with Crippen molar-refractivity contribution in [3.8, 4) is 0 Å². The normalized spacial score (nSPS) is 22.3. The van der Waals surface area contributed by atoms with E-state index in [2.05, 4.69) is 23.5 Å². The topological polar surface area (TPSA) is 12.0 Å². The van der Waals surface area contributed by atoms with Gasteiger partial charge in [-0.3, -0.25) is 0 Å². The van der Waals surface area contributed by atoms with Gasteiger partial charge in [-0.2, -0.15) is 0 Å². The maximum atomic E-state index is 6.11. The molecule has 0 radical (unpaired) electrons. The summed E-state index contributed by atoms with van der Waals surface area (Å²) in [4.78, 5) is 0. The third-order valence-corrected chi connectivity index (χ3v) is 3.32. The molecule has 0 aromatic heterocycles. The molecule has 76 valence electrons. The molecule has 1 saturated heterocycles. The van der Waals surface area contributed by atoms with Crippen LogP contribution in [0.15, 0.2) is 18.2 Å². The van der Waals surface area contributed by atoms with Crippen LogP contribution in [0.1, 0.15) is 36.4 Å². The first-order valence-electron chi connectivity index (χ1n) is 5.27. The summed E-state index contributed by atoms with van der Waals surface area (Å²) in [6.07, 6.45) is 3.86. The lowest BCUT2D eigenvalue weighted by Crippen LogP contribution is -2.26. The fourth-order valence-corrected chi connectivity index (χ4v) is 2.15. The van der Waals surface area contributed by atoms with Crippen molar-refractivity contribution in [1.29, 1.82) is 0 Å². The van der Waals surface area contributed by atoms with E-state index in [1.807, 2.05) is 6.92 Å². The zero-order valence-corrected chi connectivity index (χ0v) is 9.27. The quantitative estimate of drug-likeness (QED) is 0.747. The van der Waals surface area contributed by atoms with E-state index in [-0.39, 0.29) is 0 Å². The second-order valence-electron chi connectivity index (χ2n) is 4.01. The molecule has 0 spiro atoms. The number of nitrogens with one attached hydrogen (secondary N) is 1. The number of rotatable bonds is 1. The SMILES string of the molecule is Cc1ccc([C@@H]2CCCCN2)cc1Cl. The minimum absolute atomic E-state index is 0.516. The number of aryl methyl sites for hydroxylation is 1. The number of benzene rings is 1. The Balaban J connectivity index is 2.18. The van der Waals surface area contributed by atoms with E-state index in [4.69, 9.17) is 11.6 Å². The molecule has 2 rings (SSSR count). The number of piperidine rings is 1. The van der Waals surface area contributed by atoms with Crippen LogP contribution in [0, 0.1) is 6.92 Å². The van der Waals surface area contributed by atoms with Crippen LogP contribution in [-0.2, 0) is 0 Å². The van der Waals surface area contributed by atoms with Crippen molar-refractivity contribution in [2.45, 2.75) is 32.2 Å². The van der Waals surface area contributed by atoms with Gasteiger partial charge in [0.1, 0.15) is 0 Å². The molecule has 1 N–H and O–H groups in total. The predicted octanol–water partition coefficient (Wildman–Crippen LogP) is 3.46. The molecule has 1 heterocycles. The second-order valence-corrected chi connectivity index (χ2v) is 4.42. The summed E-state index contributed by atoms with van der Waals surface area (Å²) in [5, 5.41) is 4.41. The van der Waals surface area contributed by atoms with E-state index in [9.17, 15) is 0 Å². The Kier molecular flexibility index (Phi) is 3.09. The number of halogens is 1. The first-order chi connectivity index (χ1) is 6.77. The molecule has 1 aliphatic rings. The van der Waals surface area contributed by atoms with Crippen LogP contribution in [-0.4, -0.2) is 6.54 Å². The Morgan fingerprint density at radius 2 is 2.21 bits per heavy atom. The van der Waals surface area contributed by atoms with Gasteiger partial charge >= 0.3 is 0 Å². The van der Waals surface area contributed by atoms with Crippen molar-refractivity contribution < 1.29 is 0 Å². The summed E-state index contributed by atoms with van der Waals surface area (Å²) in [6, 6.07) is 6.90. The smallest absolute Gasteiger partial charge is 0.0438 e. The van der Waals surface area contributed by atoms with Crippen LogP contribution in [0.3, 0.4) is 0 Å². The Morgan fingerprint density at radius 1 is 1.36 bits per heavy atom. The third-order valence-electron chi connectivity index (χ3n) is 2.91. The highest BCUT2D eigenvalue weighted by Crippen LogP contribution is 2.26. The Morgan fingerprint density at radius 3 is 2.86 bits per heavy atom. The Bertz CT molecular complexity index is 316. The predicted molar refractivity (Wildman–Crippen MR) is 60.8 cm³/mol. The van der Waals surface area contributed by atoms with Crippen molar-refractivity contribution in [3.05, 3.63) is 34.3 Å². The summed E-state index contributed by atoms with van der Waals surface area (Å²) in [6.45, 7) is 3.18. The highest BCUT2D eigenvalue weighted by atomic mass is 35.5. The highest BCUT2D eigenvalue weighted by molar-refractivity contribution is 6.31. The zero-order valence-electron chi connectivity index (χ0n) is 8.52. The third kappa shape index (κ3) is 2.10. The number of hydrogen-bond donors (Lipinski definition) is 1. The average molecular weight is 210 g/mol. The van der Waals surface area contributed by atoms with Crippen LogP contribution in [0.2, 0.25) is 5.02 Å². The van der Waals surface area contributed by atoms with Crippen LogP contribution >= 0.6 is 11.6 Å². The van der Waals surface area contributed by atoms with E-state index >= 15 is 0 Å². The lowest BCUT2D eigenvalue weighted by molar-refractivity contribution is 0.412. The van der Waals surface area contributed by atoms with Gasteiger partial charge in [0.25, 0.3) is 0 Å². The molecule has 0 saturated carbocycles. The van der Waals surface area contributed by atoms with Gasteiger partial charge in [0.15, 0.2) is 0 Å². The summed E-state index contributed by atoms with van der Waals surface area (Å²) < 4.78 is 0. The van der Waals surface area contributed by atoms with E-state index in [1.165, 1.54) is 24.8 Å². The Labute approximate surface area is 90.5 Å². The molecule has 1 fully saturated rings. The average Bonchev–Trinajstić information content (AvgIpc) is 2.23. The lowest BCUT2D eigenvalue weighted by Gasteiger charge is -2.24. The van der Waals surface area contributed by atoms with Crippen LogP contribution < -0.4 is 5.32 Å². The van der Waals surface area contributed by atoms with Crippen LogP contribution in [0.4, 0.5) is 0 Å². The van der Waals surface area contributed by atoms with E-state index in [0.717, 1.165) is 17.1 Å². The first-order valence-corrected chi connectivity index (χ1v) is 5.64. The molecule has 1 atom stereocenters. The molecule has 1 aromatic carbocycles. The molecule has 0 bridgehead atoms. The summed E-state index contributed by atoms with van der Waals surface area (Å²) in [5.41, 5.74) is 2.49. The van der Waals surface area contributed by atoms with Gasteiger partial charge in [-0.25, -0.2) is 0 Å². The first kappa shape index (κ1) is 10.0. The van der Waals surface area contributed by atoms with Gasteiger partial charge in [-0.1, -0.05) is 30.2 Å². The molecule has 1 aromatic rings. The molecule has 0 amide bonds. The standard InChI is InChI=1S/C12H16ClN/c1-9-5-6-10(8-11(9)13)12-4-2-3-7-14-12/h5-6,8,12,14H,2-4,7H2,1H3/t12-/m0/s1. The van der Waals surface area contributed by atoms with Crippen molar-refractivity contribution in [2.24, 2.45) is 0 Å². The summed E-state index contributed by atoms with van der Waals surface area (Å²) >= 11 is 6.11. The van der Waals surface area contributed by atoms with Gasteiger partial charge in [0.05, 0.1) is 0 Å². The lowest BCUT2D eigenvalue weighted by atomic mass is 9.97. The zero-order chi connectivity index (χ0) is 9.97. The van der Waals surface area contributed by atoms with E-state index in [0.29, 0.717) is 6.04 Å². The summed E-state index contributed by atoms with van der Waals surface area (Å²) in [7, 11) is 0. The van der Waals surface area contributed by atoms with Crippen molar-refractivity contribution >= 4 is 11.6 Å². The van der Waals surface area contributed by atoms with Gasteiger partial charge < -0.3 is 5.32 Å². The minimum atomic E-state index is 0.516. The molecular formula is C12H16ClN. The molecule has 2 heteroatoms. The van der Waals surface area contributed by atoms with E-state index < -0.39 is 0 Å². The summed E-state index contributed by atoms with van der Waals surface area (Å²) in [5.74, 6) is 0. The van der Waals surface area contributed by atoms with Crippen molar-refractivity contribution in [2.75, 3.05) is 6.54 Å². The molecule has 1 aliphatic heterocycles.